The van der Waals surface area contributed by atoms with E-state index in [2.05, 4.69) is 25.9 Å². The van der Waals surface area contributed by atoms with Crippen molar-refractivity contribution in [3.05, 3.63) is 11.6 Å². The molecule has 2 N–H and O–H groups in total. The summed E-state index contributed by atoms with van der Waals surface area (Å²) in [5.41, 5.74) is 2.26. The Bertz CT molecular complexity index is 715. The van der Waals surface area contributed by atoms with Crippen LogP contribution in [0.25, 0.3) is 0 Å². The van der Waals surface area contributed by atoms with Crippen LogP contribution in [0.3, 0.4) is 0 Å². The maximum atomic E-state index is 13.1. The molecular formula is C23H35NO4. The lowest BCUT2D eigenvalue weighted by Crippen LogP contribution is -2.55. The van der Waals surface area contributed by atoms with E-state index in [0.717, 1.165) is 31.4 Å². The van der Waals surface area contributed by atoms with Gasteiger partial charge in [-0.25, -0.2) is 0 Å². The Hall–Kier alpha value is -1.20. The Morgan fingerprint density at radius 2 is 1.86 bits per heavy atom. The minimum Gasteiger partial charge on any atom is -0.396 e. The minimum atomic E-state index is -0.779. The van der Waals surface area contributed by atoms with Crippen LogP contribution in [0.5, 0.6) is 0 Å². The number of nitrogens with zero attached hydrogens (tertiary/aromatic N) is 1. The number of aliphatic hydroxyl groups is 2. The van der Waals surface area contributed by atoms with E-state index in [1.54, 1.807) is 0 Å². The SMILES string of the molecule is CCO/N=C(/C)[C@H]1CCC2C3=CC(=O)[C@@H]4C[C@@H](O)[C@@H](O)C[C@]4(C)C3CC[C@@]21C. The first-order valence-electron chi connectivity index (χ1n) is 11.0. The van der Waals surface area contributed by atoms with Crippen LogP contribution >= 0.6 is 0 Å². The topological polar surface area (TPSA) is 79.1 Å². The Morgan fingerprint density at radius 3 is 2.57 bits per heavy atom. The maximum Gasteiger partial charge on any atom is 0.159 e. The molecule has 0 saturated heterocycles. The van der Waals surface area contributed by atoms with Gasteiger partial charge < -0.3 is 15.1 Å². The van der Waals surface area contributed by atoms with E-state index in [1.807, 2.05) is 13.0 Å². The molecule has 8 atom stereocenters. The molecule has 3 fully saturated rings. The third kappa shape index (κ3) is 2.80. The summed E-state index contributed by atoms with van der Waals surface area (Å²) in [4.78, 5) is 18.4. The van der Waals surface area contributed by atoms with Crippen molar-refractivity contribution in [2.75, 3.05) is 6.61 Å². The van der Waals surface area contributed by atoms with Gasteiger partial charge in [-0.15, -0.1) is 0 Å². The van der Waals surface area contributed by atoms with Gasteiger partial charge in [0.15, 0.2) is 5.78 Å². The molecule has 0 aliphatic heterocycles. The third-order valence-corrected chi connectivity index (χ3v) is 8.77. The van der Waals surface area contributed by atoms with Crippen molar-refractivity contribution < 1.29 is 19.8 Å². The van der Waals surface area contributed by atoms with Gasteiger partial charge in [-0.2, -0.15) is 0 Å². The summed E-state index contributed by atoms with van der Waals surface area (Å²) in [5.74, 6) is 1.12. The summed E-state index contributed by atoms with van der Waals surface area (Å²) in [6, 6.07) is 0. The molecule has 28 heavy (non-hydrogen) atoms. The van der Waals surface area contributed by atoms with Crippen LogP contribution in [0, 0.1) is 34.5 Å². The first-order valence-corrected chi connectivity index (χ1v) is 11.0. The summed E-state index contributed by atoms with van der Waals surface area (Å²) in [7, 11) is 0. The zero-order valence-electron chi connectivity index (χ0n) is 17.6. The highest BCUT2D eigenvalue weighted by molar-refractivity contribution is 5.95. The zero-order valence-corrected chi connectivity index (χ0v) is 17.6. The van der Waals surface area contributed by atoms with Gasteiger partial charge in [-0.3, -0.25) is 4.79 Å². The van der Waals surface area contributed by atoms with E-state index in [-0.39, 0.29) is 22.5 Å². The molecule has 0 aromatic carbocycles. The number of hydrogen-bond acceptors (Lipinski definition) is 5. The molecule has 4 rings (SSSR count). The van der Waals surface area contributed by atoms with E-state index in [4.69, 9.17) is 4.84 Å². The number of carbonyl (C=O) groups excluding carboxylic acids is 1. The first kappa shape index (κ1) is 20.1. The molecular weight excluding hydrogens is 354 g/mol. The maximum absolute atomic E-state index is 13.1. The minimum absolute atomic E-state index is 0.114. The standard InChI is InChI=1S/C23H35NO4/c1-5-28-24-13(2)15-6-7-16-14-10-19(25)18-11-20(26)21(27)12-23(18,4)17(14)8-9-22(15,16)3/h10,15-18,20-21,26-27H,5-9,11-12H2,1-4H3/b24-13-/t15-,16?,17?,18+,20-,21+,22-,23-/m1/s1. The van der Waals surface area contributed by atoms with Crippen LogP contribution < -0.4 is 0 Å². The van der Waals surface area contributed by atoms with Crippen LogP contribution in [-0.4, -0.2) is 40.5 Å². The number of aliphatic hydroxyl groups excluding tert-OH is 2. The number of hydrogen-bond donors (Lipinski definition) is 2. The number of carbonyl (C=O) groups is 1. The highest BCUT2D eigenvalue weighted by atomic mass is 16.6. The van der Waals surface area contributed by atoms with Crippen LogP contribution in [-0.2, 0) is 9.63 Å². The normalized spacial score (nSPS) is 48.4. The lowest BCUT2D eigenvalue weighted by Gasteiger charge is -2.57. The van der Waals surface area contributed by atoms with E-state index < -0.39 is 12.2 Å². The molecule has 4 aliphatic carbocycles. The molecule has 5 nitrogen and oxygen atoms in total. The molecule has 3 saturated carbocycles. The predicted octanol–water partition coefficient (Wildman–Crippen LogP) is 3.49. The van der Waals surface area contributed by atoms with Gasteiger partial charge in [0.2, 0.25) is 0 Å². The largest absolute Gasteiger partial charge is 0.396 e. The molecule has 0 bridgehead atoms. The van der Waals surface area contributed by atoms with E-state index in [1.165, 1.54) is 5.57 Å². The molecule has 4 aliphatic rings. The van der Waals surface area contributed by atoms with Gasteiger partial charge in [0.05, 0.1) is 17.9 Å². The average molecular weight is 390 g/mol. The average Bonchev–Trinajstić information content (AvgIpc) is 2.99. The second-order valence-corrected chi connectivity index (χ2v) is 10.1. The van der Waals surface area contributed by atoms with E-state index in [0.29, 0.717) is 37.2 Å². The van der Waals surface area contributed by atoms with Crippen LogP contribution in [0.4, 0.5) is 0 Å². The van der Waals surface area contributed by atoms with Gasteiger partial charge in [-0.1, -0.05) is 24.6 Å². The van der Waals surface area contributed by atoms with Crippen molar-refractivity contribution in [1.29, 1.82) is 0 Å². The smallest absolute Gasteiger partial charge is 0.159 e. The fourth-order valence-corrected chi connectivity index (χ4v) is 7.31. The molecule has 0 radical (unpaired) electrons. The molecule has 2 unspecified atom stereocenters. The second-order valence-electron chi connectivity index (χ2n) is 10.1. The molecule has 0 aromatic heterocycles. The number of ketones is 1. The molecule has 0 heterocycles. The summed E-state index contributed by atoms with van der Waals surface area (Å²) < 4.78 is 0. The van der Waals surface area contributed by atoms with Crippen LogP contribution in [0.2, 0.25) is 0 Å². The Morgan fingerprint density at radius 1 is 1.14 bits per heavy atom. The summed E-state index contributed by atoms with van der Waals surface area (Å²) >= 11 is 0. The lowest BCUT2D eigenvalue weighted by atomic mass is 9.47. The van der Waals surface area contributed by atoms with Gasteiger partial charge in [0, 0.05) is 11.8 Å². The molecule has 156 valence electrons. The number of oxime groups is 1. The summed E-state index contributed by atoms with van der Waals surface area (Å²) in [5, 5.41) is 24.9. The third-order valence-electron chi connectivity index (χ3n) is 8.77. The molecule has 0 amide bonds. The predicted molar refractivity (Wildman–Crippen MR) is 108 cm³/mol. The first-order chi connectivity index (χ1) is 13.2. The highest BCUT2D eigenvalue weighted by Crippen LogP contribution is 2.65. The van der Waals surface area contributed by atoms with Crippen LogP contribution in [0.1, 0.15) is 66.2 Å². The number of allylic oxidation sites excluding steroid dienone is 2. The van der Waals surface area contributed by atoms with E-state index in [9.17, 15) is 15.0 Å². The quantitative estimate of drug-likeness (QED) is 0.572. The van der Waals surface area contributed by atoms with Gasteiger partial charge in [0.1, 0.15) is 6.61 Å². The van der Waals surface area contributed by atoms with E-state index >= 15 is 0 Å². The van der Waals surface area contributed by atoms with Crippen molar-refractivity contribution >= 4 is 11.5 Å². The molecule has 0 aromatic rings. The lowest BCUT2D eigenvalue weighted by molar-refractivity contribution is -0.142. The van der Waals surface area contributed by atoms with Crippen molar-refractivity contribution in [3.63, 3.8) is 0 Å². The van der Waals surface area contributed by atoms with Gasteiger partial charge in [0.25, 0.3) is 0 Å². The zero-order chi connectivity index (χ0) is 20.3. The number of fused-ring (bicyclic) bond motifs is 5. The second kappa shape index (κ2) is 6.94. The Labute approximate surface area is 168 Å². The Kier molecular flexibility index (Phi) is 4.98. The number of rotatable bonds is 3. The molecule has 0 spiro atoms. The Balaban J connectivity index is 1.67. The summed E-state index contributed by atoms with van der Waals surface area (Å²) in [6.45, 7) is 9.16. The fourth-order valence-electron chi connectivity index (χ4n) is 7.31. The van der Waals surface area contributed by atoms with Crippen molar-refractivity contribution in [1.82, 2.24) is 0 Å². The van der Waals surface area contributed by atoms with Crippen molar-refractivity contribution in [3.8, 4) is 0 Å². The van der Waals surface area contributed by atoms with Crippen LogP contribution in [0.15, 0.2) is 16.8 Å². The molecule has 5 heteroatoms. The summed E-state index contributed by atoms with van der Waals surface area (Å²) in [6.07, 6.45) is 5.66. The van der Waals surface area contributed by atoms with Crippen molar-refractivity contribution in [2.45, 2.75) is 78.4 Å². The monoisotopic (exact) mass is 389 g/mol. The van der Waals surface area contributed by atoms with Gasteiger partial charge in [-0.05, 0) is 81.1 Å². The highest BCUT2D eigenvalue weighted by Gasteiger charge is 2.60. The fraction of sp³-hybridized carbons (Fsp3) is 0.826. The van der Waals surface area contributed by atoms with Crippen molar-refractivity contribution in [2.24, 2.45) is 39.7 Å². The van der Waals surface area contributed by atoms with Gasteiger partial charge >= 0.3 is 0 Å².